The van der Waals surface area contributed by atoms with E-state index in [1.54, 1.807) is 0 Å². The predicted molar refractivity (Wildman–Crippen MR) is 67.0 cm³/mol. The molecule has 1 aromatic carbocycles. The average Bonchev–Trinajstić information content (AvgIpc) is 2.22. The molecule has 0 aliphatic rings. The topological polar surface area (TPSA) is 44.5 Å². The van der Waals surface area contributed by atoms with E-state index in [0.717, 1.165) is 18.6 Å². The van der Waals surface area contributed by atoms with E-state index in [-0.39, 0.29) is 16.9 Å². The van der Waals surface area contributed by atoms with Crippen LogP contribution in [0.15, 0.2) is 12.1 Å². The van der Waals surface area contributed by atoms with Gasteiger partial charge in [0.1, 0.15) is 5.75 Å². The minimum absolute atomic E-state index is 0.0491. The molecule has 0 aliphatic carbocycles. The molecule has 3 nitrogen and oxygen atoms in total. The van der Waals surface area contributed by atoms with E-state index in [9.17, 15) is 13.2 Å². The molecule has 0 atom stereocenters. The van der Waals surface area contributed by atoms with Gasteiger partial charge in [-0.25, -0.2) is 4.39 Å². The normalized spacial score (nSPS) is 11.7. The van der Waals surface area contributed by atoms with Crippen LogP contribution in [0.1, 0.15) is 27.2 Å². The van der Waals surface area contributed by atoms with E-state index in [1.165, 1.54) is 0 Å². The first-order valence-corrected chi connectivity index (χ1v) is 5.85. The molecule has 1 aromatic rings. The minimum Gasteiger partial charge on any atom is -0.491 e. The van der Waals surface area contributed by atoms with Crippen molar-refractivity contribution in [3.05, 3.63) is 17.9 Å². The Morgan fingerprint density at radius 3 is 2.37 bits per heavy atom. The highest BCUT2D eigenvalue weighted by Crippen LogP contribution is 2.31. The number of ether oxygens (including phenoxy) is 2. The molecule has 0 radical (unpaired) electrons. The molecule has 6 heteroatoms. The van der Waals surface area contributed by atoms with Crippen LogP contribution in [-0.2, 0) is 0 Å². The summed E-state index contributed by atoms with van der Waals surface area (Å²) < 4.78 is 46.9. The summed E-state index contributed by atoms with van der Waals surface area (Å²) in [5.74, 6) is -1.38. The summed E-state index contributed by atoms with van der Waals surface area (Å²) in [6, 6.07) is 1.95. The molecule has 0 heterocycles. The van der Waals surface area contributed by atoms with Gasteiger partial charge in [0.05, 0.1) is 12.3 Å². The van der Waals surface area contributed by atoms with Crippen LogP contribution in [0.25, 0.3) is 0 Å². The van der Waals surface area contributed by atoms with Gasteiger partial charge < -0.3 is 15.2 Å². The lowest BCUT2D eigenvalue weighted by atomic mass is 9.93. The third-order valence-electron chi connectivity index (χ3n) is 2.39. The molecule has 0 spiro atoms. The fourth-order valence-electron chi connectivity index (χ4n) is 1.33. The highest BCUT2D eigenvalue weighted by Gasteiger charge is 2.15. The second kappa shape index (κ2) is 6.04. The van der Waals surface area contributed by atoms with Crippen LogP contribution < -0.4 is 15.2 Å². The zero-order valence-electron chi connectivity index (χ0n) is 11.2. The van der Waals surface area contributed by atoms with Gasteiger partial charge in [0.2, 0.25) is 0 Å². The summed E-state index contributed by atoms with van der Waals surface area (Å²) in [4.78, 5) is 0. The van der Waals surface area contributed by atoms with Crippen molar-refractivity contribution in [3.8, 4) is 11.5 Å². The second-order valence-corrected chi connectivity index (χ2v) is 5.36. The van der Waals surface area contributed by atoms with Gasteiger partial charge in [0.15, 0.2) is 11.6 Å². The number of nitrogens with two attached hydrogens (primary N) is 1. The molecule has 0 saturated heterocycles. The lowest BCUT2D eigenvalue weighted by Gasteiger charge is -2.19. The van der Waals surface area contributed by atoms with Gasteiger partial charge in [-0.15, -0.1) is 0 Å². The van der Waals surface area contributed by atoms with Gasteiger partial charge in [0, 0.05) is 12.1 Å². The fraction of sp³-hybridized carbons (Fsp3) is 0.538. The van der Waals surface area contributed by atoms with Gasteiger partial charge >= 0.3 is 6.61 Å². The Bertz CT molecular complexity index is 431. The van der Waals surface area contributed by atoms with Gasteiger partial charge in [-0.3, -0.25) is 0 Å². The molecular weight excluding hydrogens is 259 g/mol. The Morgan fingerprint density at radius 2 is 1.84 bits per heavy atom. The summed E-state index contributed by atoms with van der Waals surface area (Å²) in [5, 5.41) is 0. The Labute approximate surface area is 110 Å². The Balaban J connectivity index is 2.77. The molecule has 1 rings (SSSR count). The zero-order chi connectivity index (χ0) is 14.6. The molecule has 0 unspecified atom stereocenters. The third-order valence-corrected chi connectivity index (χ3v) is 2.39. The summed E-state index contributed by atoms with van der Waals surface area (Å²) in [6.07, 6.45) is 0.745. The van der Waals surface area contributed by atoms with Gasteiger partial charge in [-0.05, 0) is 11.8 Å². The molecule has 0 bridgehead atoms. The molecule has 19 heavy (non-hydrogen) atoms. The van der Waals surface area contributed by atoms with Crippen molar-refractivity contribution in [2.45, 2.75) is 33.8 Å². The summed E-state index contributed by atoms with van der Waals surface area (Å²) in [7, 11) is 0. The number of alkyl halides is 2. The van der Waals surface area contributed by atoms with Crippen molar-refractivity contribution in [1.82, 2.24) is 0 Å². The van der Waals surface area contributed by atoms with Crippen LogP contribution in [-0.4, -0.2) is 13.2 Å². The van der Waals surface area contributed by atoms with Crippen LogP contribution in [0.5, 0.6) is 11.5 Å². The first-order chi connectivity index (χ1) is 8.69. The molecule has 0 saturated carbocycles. The van der Waals surface area contributed by atoms with Crippen LogP contribution >= 0.6 is 0 Å². The number of anilines is 1. The number of hydrogen-bond donors (Lipinski definition) is 1. The van der Waals surface area contributed by atoms with E-state index in [2.05, 4.69) is 4.74 Å². The first kappa shape index (κ1) is 15.5. The molecule has 2 N–H and O–H groups in total. The standard InChI is InChI=1S/C13H18F3NO2/c1-13(2,3)4-5-18-11-7-10(19-12(15)16)8(14)6-9(11)17/h6-7,12H,4-5,17H2,1-3H3. The Morgan fingerprint density at radius 1 is 1.21 bits per heavy atom. The maximum atomic E-state index is 13.3. The first-order valence-electron chi connectivity index (χ1n) is 5.85. The monoisotopic (exact) mass is 277 g/mol. The number of rotatable bonds is 5. The van der Waals surface area contributed by atoms with Gasteiger partial charge in [-0.2, -0.15) is 8.78 Å². The highest BCUT2D eigenvalue weighted by atomic mass is 19.3. The van der Waals surface area contributed by atoms with Crippen LogP contribution in [0.3, 0.4) is 0 Å². The van der Waals surface area contributed by atoms with Gasteiger partial charge in [-0.1, -0.05) is 20.8 Å². The number of benzene rings is 1. The molecule has 108 valence electrons. The summed E-state index contributed by atoms with van der Waals surface area (Å²) in [5.41, 5.74) is 5.68. The van der Waals surface area contributed by atoms with E-state index >= 15 is 0 Å². The SMILES string of the molecule is CC(C)(C)CCOc1cc(OC(F)F)c(F)cc1N. The summed E-state index contributed by atoms with van der Waals surface area (Å²) in [6.45, 7) is 3.37. The smallest absolute Gasteiger partial charge is 0.387 e. The quantitative estimate of drug-likeness (QED) is 0.832. The highest BCUT2D eigenvalue weighted by molar-refractivity contribution is 5.56. The van der Waals surface area contributed by atoms with E-state index in [1.807, 2.05) is 20.8 Å². The van der Waals surface area contributed by atoms with Crippen LogP contribution in [0.4, 0.5) is 18.9 Å². The van der Waals surface area contributed by atoms with Gasteiger partial charge in [0.25, 0.3) is 0 Å². The van der Waals surface area contributed by atoms with E-state index in [4.69, 9.17) is 10.5 Å². The predicted octanol–water partition coefficient (Wildman–Crippen LogP) is 3.82. The molecule has 0 fully saturated rings. The average molecular weight is 277 g/mol. The lowest BCUT2D eigenvalue weighted by Crippen LogP contribution is -2.12. The number of nitrogen functional groups attached to an aromatic ring is 1. The fourth-order valence-corrected chi connectivity index (χ4v) is 1.33. The maximum Gasteiger partial charge on any atom is 0.387 e. The second-order valence-electron chi connectivity index (χ2n) is 5.36. The van der Waals surface area contributed by atoms with Crippen LogP contribution in [0.2, 0.25) is 0 Å². The third kappa shape index (κ3) is 5.28. The zero-order valence-corrected chi connectivity index (χ0v) is 11.2. The summed E-state index contributed by atoms with van der Waals surface area (Å²) >= 11 is 0. The Hall–Kier alpha value is -1.59. The van der Waals surface area contributed by atoms with Crippen molar-refractivity contribution in [2.75, 3.05) is 12.3 Å². The molecule has 0 aliphatic heterocycles. The molecular formula is C13H18F3NO2. The van der Waals surface area contributed by atoms with Crippen molar-refractivity contribution < 1.29 is 22.6 Å². The van der Waals surface area contributed by atoms with Crippen molar-refractivity contribution in [3.63, 3.8) is 0 Å². The maximum absolute atomic E-state index is 13.3. The van der Waals surface area contributed by atoms with Crippen molar-refractivity contribution in [2.24, 2.45) is 5.41 Å². The number of hydrogen-bond acceptors (Lipinski definition) is 3. The molecule has 0 amide bonds. The van der Waals surface area contributed by atoms with E-state index < -0.39 is 18.2 Å². The van der Waals surface area contributed by atoms with Crippen molar-refractivity contribution >= 4 is 5.69 Å². The molecule has 0 aromatic heterocycles. The largest absolute Gasteiger partial charge is 0.491 e. The Kier molecular flexibility index (Phi) is 4.91. The van der Waals surface area contributed by atoms with Crippen LogP contribution in [0, 0.1) is 11.2 Å². The van der Waals surface area contributed by atoms with Crippen molar-refractivity contribution in [1.29, 1.82) is 0 Å². The minimum atomic E-state index is -3.10. The lowest BCUT2D eigenvalue weighted by molar-refractivity contribution is -0.0522. The van der Waals surface area contributed by atoms with E-state index in [0.29, 0.717) is 6.61 Å². The number of halogens is 3.